The molecule has 114 valence electrons. The first-order chi connectivity index (χ1) is 9.79. The molecule has 2 aliphatic heterocycles. The van der Waals surface area contributed by atoms with E-state index in [0.717, 1.165) is 18.0 Å². The summed E-state index contributed by atoms with van der Waals surface area (Å²) >= 11 is 0. The molecule has 3 rings (SSSR count). The van der Waals surface area contributed by atoms with Gasteiger partial charge in [0.05, 0.1) is 0 Å². The first-order valence-corrected chi connectivity index (χ1v) is 8.89. The molecule has 0 amide bonds. The molecule has 2 saturated heterocycles. The molecule has 1 saturated carbocycles. The van der Waals surface area contributed by atoms with Crippen molar-refractivity contribution < 1.29 is 0 Å². The highest BCUT2D eigenvalue weighted by Gasteiger charge is 2.42. The predicted octanol–water partition coefficient (Wildman–Crippen LogP) is 3.68. The lowest BCUT2D eigenvalue weighted by Crippen LogP contribution is -2.60. The number of rotatable bonds is 3. The molecule has 0 unspecified atom stereocenters. The molecule has 0 N–H and O–H groups in total. The topological polar surface area (TPSA) is 6.48 Å². The Kier molecular flexibility index (Phi) is 4.83. The van der Waals surface area contributed by atoms with Crippen molar-refractivity contribution in [3.63, 3.8) is 0 Å². The Morgan fingerprint density at radius 3 is 2.55 bits per heavy atom. The molecule has 0 spiro atoms. The second-order valence-corrected chi connectivity index (χ2v) is 7.24. The molecule has 1 aliphatic carbocycles. The Morgan fingerprint density at radius 1 is 1.00 bits per heavy atom. The van der Waals surface area contributed by atoms with Crippen molar-refractivity contribution in [2.75, 3.05) is 26.2 Å². The van der Waals surface area contributed by atoms with Crippen LogP contribution in [0.5, 0.6) is 0 Å². The average molecular weight is 276 g/mol. The van der Waals surface area contributed by atoms with Crippen LogP contribution in [0, 0.1) is 5.92 Å². The zero-order chi connectivity index (χ0) is 13.9. The van der Waals surface area contributed by atoms with Gasteiger partial charge in [-0.1, -0.05) is 30.9 Å². The molecule has 0 bridgehead atoms. The molecule has 2 atom stereocenters. The van der Waals surface area contributed by atoms with Crippen molar-refractivity contribution in [2.45, 2.75) is 70.9 Å². The second kappa shape index (κ2) is 6.62. The fraction of sp³-hybridized carbons (Fsp3) is 0.889. The van der Waals surface area contributed by atoms with Crippen LogP contribution in [0.25, 0.3) is 0 Å². The van der Waals surface area contributed by atoms with Crippen molar-refractivity contribution in [1.82, 2.24) is 9.80 Å². The Bertz CT molecular complexity index is 343. The van der Waals surface area contributed by atoms with E-state index in [0.29, 0.717) is 0 Å². The Labute approximate surface area is 125 Å². The van der Waals surface area contributed by atoms with Crippen LogP contribution in [0.4, 0.5) is 0 Å². The lowest BCUT2D eigenvalue weighted by molar-refractivity contribution is 0.00674. The smallest absolute Gasteiger partial charge is 0.0283 e. The Hall–Kier alpha value is -0.340. The van der Waals surface area contributed by atoms with Gasteiger partial charge in [0.2, 0.25) is 0 Å². The van der Waals surface area contributed by atoms with Gasteiger partial charge in [-0.3, -0.25) is 9.80 Å². The lowest BCUT2D eigenvalue weighted by Gasteiger charge is -2.49. The highest BCUT2D eigenvalue weighted by Crippen LogP contribution is 2.37. The summed E-state index contributed by atoms with van der Waals surface area (Å²) in [7, 11) is 0. The third-order valence-electron chi connectivity index (χ3n) is 5.98. The second-order valence-electron chi connectivity index (χ2n) is 7.24. The molecule has 0 aromatic heterocycles. The monoisotopic (exact) mass is 276 g/mol. The first-order valence-electron chi connectivity index (χ1n) is 8.89. The van der Waals surface area contributed by atoms with Crippen LogP contribution >= 0.6 is 0 Å². The van der Waals surface area contributed by atoms with Gasteiger partial charge in [0, 0.05) is 31.7 Å². The maximum atomic E-state index is 2.85. The van der Waals surface area contributed by atoms with Crippen LogP contribution in [-0.2, 0) is 0 Å². The van der Waals surface area contributed by atoms with E-state index in [9.17, 15) is 0 Å². The van der Waals surface area contributed by atoms with Gasteiger partial charge in [-0.25, -0.2) is 0 Å². The van der Waals surface area contributed by atoms with E-state index in [1.165, 1.54) is 71.1 Å². The molecule has 2 nitrogen and oxygen atoms in total. The van der Waals surface area contributed by atoms with Crippen molar-refractivity contribution in [1.29, 1.82) is 0 Å². The lowest BCUT2D eigenvalue weighted by atomic mass is 9.78. The normalized spacial score (nSPS) is 34.4. The first kappa shape index (κ1) is 14.6. The van der Waals surface area contributed by atoms with E-state index in [1.54, 1.807) is 5.57 Å². The molecule has 0 radical (unpaired) electrons. The molecular weight excluding hydrogens is 244 g/mol. The summed E-state index contributed by atoms with van der Waals surface area (Å²) < 4.78 is 0. The van der Waals surface area contributed by atoms with Gasteiger partial charge in [-0.2, -0.15) is 0 Å². The number of hydrogen-bond donors (Lipinski definition) is 0. The average Bonchev–Trinajstić information content (AvgIpc) is 2.96. The number of nitrogens with zero attached hydrogens (tertiary/aromatic N) is 2. The zero-order valence-electron chi connectivity index (χ0n) is 13.5. The zero-order valence-corrected chi connectivity index (χ0v) is 13.5. The van der Waals surface area contributed by atoms with Crippen LogP contribution in [0.2, 0.25) is 0 Å². The van der Waals surface area contributed by atoms with Gasteiger partial charge < -0.3 is 0 Å². The van der Waals surface area contributed by atoms with E-state index in [-0.39, 0.29) is 0 Å². The molecule has 2 heteroatoms. The van der Waals surface area contributed by atoms with Gasteiger partial charge in [-0.15, -0.1) is 0 Å². The summed E-state index contributed by atoms with van der Waals surface area (Å²) in [5.41, 5.74) is 1.55. The largest absolute Gasteiger partial charge is 0.298 e. The van der Waals surface area contributed by atoms with E-state index in [4.69, 9.17) is 0 Å². The summed E-state index contributed by atoms with van der Waals surface area (Å²) in [5, 5.41) is 0. The van der Waals surface area contributed by atoms with Crippen LogP contribution in [0.3, 0.4) is 0 Å². The highest BCUT2D eigenvalue weighted by molar-refractivity contribution is 5.05. The molecular formula is C18H32N2. The third kappa shape index (κ3) is 2.96. The number of allylic oxidation sites excluding steroid dienone is 1. The van der Waals surface area contributed by atoms with E-state index in [1.807, 2.05) is 0 Å². The minimum Gasteiger partial charge on any atom is -0.298 e. The maximum absolute atomic E-state index is 2.85. The van der Waals surface area contributed by atoms with Crippen LogP contribution in [0.15, 0.2) is 11.6 Å². The molecule has 3 fully saturated rings. The Balaban J connectivity index is 1.76. The van der Waals surface area contributed by atoms with Crippen molar-refractivity contribution in [2.24, 2.45) is 5.92 Å². The fourth-order valence-electron chi connectivity index (χ4n) is 4.85. The number of hydrogen-bond acceptors (Lipinski definition) is 2. The van der Waals surface area contributed by atoms with E-state index < -0.39 is 0 Å². The van der Waals surface area contributed by atoms with Crippen molar-refractivity contribution >= 4 is 0 Å². The summed E-state index contributed by atoms with van der Waals surface area (Å²) in [6.45, 7) is 9.68. The molecule has 3 aliphatic rings. The minimum absolute atomic E-state index is 0.849. The minimum atomic E-state index is 0.849. The van der Waals surface area contributed by atoms with Gasteiger partial charge in [0.25, 0.3) is 0 Å². The van der Waals surface area contributed by atoms with Crippen molar-refractivity contribution in [3.05, 3.63) is 11.6 Å². The van der Waals surface area contributed by atoms with Gasteiger partial charge in [-0.05, 0) is 52.0 Å². The molecule has 0 aromatic carbocycles. The summed E-state index contributed by atoms with van der Waals surface area (Å²) in [5.74, 6) is 0.972. The number of piperazine rings is 1. The third-order valence-corrected chi connectivity index (χ3v) is 5.98. The summed E-state index contributed by atoms with van der Waals surface area (Å²) in [6, 6.07) is 1.72. The van der Waals surface area contributed by atoms with Gasteiger partial charge in [0.15, 0.2) is 0 Å². The molecule has 0 aromatic rings. The Morgan fingerprint density at radius 2 is 1.80 bits per heavy atom. The predicted molar refractivity (Wildman–Crippen MR) is 86.0 cm³/mol. The van der Waals surface area contributed by atoms with E-state index in [2.05, 4.69) is 29.7 Å². The SMILES string of the molecule is C/C=C(\C)CN1CCN2CCC[C@H]2[C@@H]1C1CCCCC1. The maximum Gasteiger partial charge on any atom is 0.0283 e. The molecule has 20 heavy (non-hydrogen) atoms. The number of fused-ring (bicyclic) bond motifs is 1. The van der Waals surface area contributed by atoms with Crippen molar-refractivity contribution in [3.8, 4) is 0 Å². The van der Waals surface area contributed by atoms with Crippen LogP contribution in [0.1, 0.15) is 58.8 Å². The quantitative estimate of drug-likeness (QED) is 0.726. The summed E-state index contributed by atoms with van der Waals surface area (Å²) in [4.78, 5) is 5.65. The van der Waals surface area contributed by atoms with E-state index >= 15 is 0 Å². The highest BCUT2D eigenvalue weighted by atomic mass is 15.3. The van der Waals surface area contributed by atoms with Crippen LogP contribution in [-0.4, -0.2) is 48.1 Å². The van der Waals surface area contributed by atoms with Crippen LogP contribution < -0.4 is 0 Å². The standard InChI is InChI=1S/C18H32N2/c1-3-15(2)14-20-13-12-19-11-7-10-17(19)18(20)16-8-5-4-6-9-16/h3,16-18H,4-14H2,1-2H3/b15-3+/t17-,18-/m0/s1. The molecule has 2 heterocycles. The fourth-order valence-corrected chi connectivity index (χ4v) is 4.85. The summed E-state index contributed by atoms with van der Waals surface area (Å²) in [6.07, 6.45) is 12.6. The van der Waals surface area contributed by atoms with Gasteiger partial charge in [0.1, 0.15) is 0 Å². The van der Waals surface area contributed by atoms with Gasteiger partial charge >= 0.3 is 0 Å².